The second-order valence-electron chi connectivity index (χ2n) is 8.38. The van der Waals surface area contributed by atoms with Crippen LogP contribution < -0.4 is 5.32 Å². The van der Waals surface area contributed by atoms with Crippen LogP contribution in [0, 0.1) is 0 Å². The molecule has 0 aromatic heterocycles. The molecule has 1 amide bonds. The lowest BCUT2D eigenvalue weighted by Gasteiger charge is -2.31. The van der Waals surface area contributed by atoms with Crippen molar-refractivity contribution in [2.24, 2.45) is 0 Å². The van der Waals surface area contributed by atoms with Crippen molar-refractivity contribution in [3.05, 3.63) is 35.4 Å². The van der Waals surface area contributed by atoms with Crippen LogP contribution in [0.1, 0.15) is 50.6 Å². The second-order valence-corrected chi connectivity index (χ2v) is 9.67. The van der Waals surface area contributed by atoms with Crippen LogP contribution >= 0.6 is 11.8 Å². The molecule has 144 valence electrons. The van der Waals surface area contributed by atoms with Crippen molar-refractivity contribution in [2.45, 2.75) is 50.2 Å². The number of nitrogens with zero attached hydrogens (tertiary/aromatic N) is 2. The highest BCUT2D eigenvalue weighted by atomic mass is 32.2. The molecular formula is C21H33N3OS. The SMILES string of the molecule is CC[C@@H]1S[C@@H](c2ccc(C(C)(C)C)cc2)N(CCN2CCNCC2)C1=O. The third-order valence-corrected chi connectivity index (χ3v) is 7.08. The summed E-state index contributed by atoms with van der Waals surface area (Å²) in [5, 5.41) is 3.65. The molecule has 2 aliphatic heterocycles. The Morgan fingerprint density at radius 2 is 1.77 bits per heavy atom. The fraction of sp³-hybridized carbons (Fsp3) is 0.667. The predicted molar refractivity (Wildman–Crippen MR) is 111 cm³/mol. The van der Waals surface area contributed by atoms with Gasteiger partial charge in [-0.25, -0.2) is 0 Å². The Kier molecular flexibility index (Phi) is 6.31. The average molecular weight is 376 g/mol. The molecule has 1 N–H and O–H groups in total. The fourth-order valence-corrected chi connectivity index (χ4v) is 5.10. The van der Waals surface area contributed by atoms with Crippen molar-refractivity contribution in [3.8, 4) is 0 Å². The molecule has 2 fully saturated rings. The molecule has 2 saturated heterocycles. The summed E-state index contributed by atoms with van der Waals surface area (Å²) in [5.74, 6) is 0.317. The summed E-state index contributed by atoms with van der Waals surface area (Å²) in [6.07, 6.45) is 0.907. The Hall–Kier alpha value is -1.04. The molecule has 0 aliphatic carbocycles. The van der Waals surface area contributed by atoms with Gasteiger partial charge < -0.3 is 10.2 Å². The highest BCUT2D eigenvalue weighted by molar-refractivity contribution is 8.01. The molecule has 0 unspecified atom stereocenters. The molecule has 4 nitrogen and oxygen atoms in total. The first-order chi connectivity index (χ1) is 12.4. The Balaban J connectivity index is 1.73. The van der Waals surface area contributed by atoms with E-state index in [9.17, 15) is 4.79 Å². The summed E-state index contributed by atoms with van der Waals surface area (Å²) in [7, 11) is 0. The number of amides is 1. The maximum Gasteiger partial charge on any atom is 0.236 e. The lowest BCUT2D eigenvalue weighted by molar-refractivity contribution is -0.130. The van der Waals surface area contributed by atoms with Gasteiger partial charge in [0.25, 0.3) is 0 Å². The monoisotopic (exact) mass is 375 g/mol. The number of hydrogen-bond acceptors (Lipinski definition) is 4. The van der Waals surface area contributed by atoms with Crippen LogP contribution in [-0.4, -0.2) is 60.2 Å². The standard InChI is InChI=1S/C21H33N3OS/c1-5-18-19(25)24(15-14-23-12-10-22-11-13-23)20(26-18)16-6-8-17(9-7-16)21(2,3)4/h6-9,18,20,22H,5,10-15H2,1-4H3/t18-,20-/m0/s1. The number of nitrogens with one attached hydrogen (secondary N) is 1. The Bertz CT molecular complexity index is 605. The molecule has 1 aromatic carbocycles. The van der Waals surface area contributed by atoms with E-state index in [1.165, 1.54) is 11.1 Å². The Morgan fingerprint density at radius 1 is 1.12 bits per heavy atom. The summed E-state index contributed by atoms with van der Waals surface area (Å²) in [4.78, 5) is 17.5. The first-order valence-electron chi connectivity index (χ1n) is 9.89. The smallest absolute Gasteiger partial charge is 0.236 e. The third-order valence-electron chi connectivity index (χ3n) is 5.43. The number of carbonyl (C=O) groups excluding carboxylic acids is 1. The quantitative estimate of drug-likeness (QED) is 0.857. The molecule has 0 spiro atoms. The normalized spacial score (nSPS) is 25.1. The number of hydrogen-bond donors (Lipinski definition) is 1. The minimum Gasteiger partial charge on any atom is -0.324 e. The lowest BCUT2D eigenvalue weighted by Crippen LogP contribution is -2.47. The van der Waals surface area contributed by atoms with Gasteiger partial charge in [-0.1, -0.05) is 52.0 Å². The van der Waals surface area contributed by atoms with Gasteiger partial charge in [-0.2, -0.15) is 0 Å². The zero-order valence-electron chi connectivity index (χ0n) is 16.6. The van der Waals surface area contributed by atoms with Crippen LogP contribution in [0.15, 0.2) is 24.3 Å². The van der Waals surface area contributed by atoms with Gasteiger partial charge >= 0.3 is 0 Å². The van der Waals surface area contributed by atoms with Crippen LogP contribution in [0.5, 0.6) is 0 Å². The fourth-order valence-electron chi connectivity index (χ4n) is 3.68. The summed E-state index contributed by atoms with van der Waals surface area (Å²) in [5.41, 5.74) is 2.76. The summed E-state index contributed by atoms with van der Waals surface area (Å²) >= 11 is 1.83. The number of rotatable bonds is 5. The largest absolute Gasteiger partial charge is 0.324 e. The van der Waals surface area contributed by atoms with Crippen molar-refractivity contribution in [2.75, 3.05) is 39.3 Å². The number of benzene rings is 1. The van der Waals surface area contributed by atoms with Crippen molar-refractivity contribution in [3.63, 3.8) is 0 Å². The van der Waals surface area contributed by atoms with Crippen LogP contribution in [0.25, 0.3) is 0 Å². The highest BCUT2D eigenvalue weighted by Crippen LogP contribution is 2.44. The summed E-state index contributed by atoms with van der Waals surface area (Å²) in [6, 6.07) is 8.91. The topological polar surface area (TPSA) is 35.6 Å². The Morgan fingerprint density at radius 3 is 2.35 bits per heavy atom. The average Bonchev–Trinajstić information content (AvgIpc) is 2.96. The molecule has 2 heterocycles. The zero-order valence-corrected chi connectivity index (χ0v) is 17.4. The number of carbonyl (C=O) groups is 1. The van der Waals surface area contributed by atoms with E-state index in [-0.39, 0.29) is 16.0 Å². The molecule has 3 rings (SSSR count). The van der Waals surface area contributed by atoms with Gasteiger partial charge in [0.1, 0.15) is 5.37 Å². The van der Waals surface area contributed by atoms with Gasteiger partial charge in [-0.3, -0.25) is 9.69 Å². The van der Waals surface area contributed by atoms with Crippen LogP contribution in [0.4, 0.5) is 0 Å². The minimum atomic E-state index is 0.102. The van der Waals surface area contributed by atoms with E-state index in [4.69, 9.17) is 0 Å². The minimum absolute atomic E-state index is 0.102. The van der Waals surface area contributed by atoms with Gasteiger partial charge in [-0.15, -0.1) is 11.8 Å². The van der Waals surface area contributed by atoms with Gasteiger partial charge in [0.05, 0.1) is 5.25 Å². The van der Waals surface area contributed by atoms with E-state index >= 15 is 0 Å². The van der Waals surface area contributed by atoms with Gasteiger partial charge in [-0.05, 0) is 23.0 Å². The lowest BCUT2D eigenvalue weighted by atomic mass is 9.86. The van der Waals surface area contributed by atoms with Crippen LogP contribution in [0.2, 0.25) is 0 Å². The van der Waals surface area contributed by atoms with Crippen molar-refractivity contribution >= 4 is 17.7 Å². The maximum absolute atomic E-state index is 12.9. The highest BCUT2D eigenvalue weighted by Gasteiger charge is 2.39. The summed E-state index contributed by atoms with van der Waals surface area (Å²) in [6.45, 7) is 14.9. The maximum atomic E-state index is 12.9. The molecule has 0 bridgehead atoms. The third kappa shape index (κ3) is 4.44. The van der Waals surface area contributed by atoms with E-state index in [0.717, 1.165) is 45.7 Å². The molecular weight excluding hydrogens is 342 g/mol. The zero-order chi connectivity index (χ0) is 18.7. The van der Waals surface area contributed by atoms with E-state index in [0.29, 0.717) is 5.91 Å². The first kappa shape index (κ1) is 19.7. The first-order valence-corrected chi connectivity index (χ1v) is 10.8. The van der Waals surface area contributed by atoms with Crippen molar-refractivity contribution in [1.82, 2.24) is 15.1 Å². The molecule has 0 radical (unpaired) electrons. The molecule has 1 aromatic rings. The Labute approximate surface area is 162 Å². The number of piperazine rings is 1. The van der Waals surface area contributed by atoms with E-state index < -0.39 is 0 Å². The van der Waals surface area contributed by atoms with Gasteiger partial charge in [0.2, 0.25) is 5.91 Å². The van der Waals surface area contributed by atoms with Crippen molar-refractivity contribution in [1.29, 1.82) is 0 Å². The van der Waals surface area contributed by atoms with E-state index in [1.54, 1.807) is 0 Å². The molecule has 2 atom stereocenters. The summed E-state index contributed by atoms with van der Waals surface area (Å²) < 4.78 is 0. The van der Waals surface area contributed by atoms with Gasteiger partial charge in [0.15, 0.2) is 0 Å². The van der Waals surface area contributed by atoms with Crippen molar-refractivity contribution < 1.29 is 4.79 Å². The second kappa shape index (κ2) is 8.32. The van der Waals surface area contributed by atoms with E-state index in [1.807, 2.05) is 11.8 Å². The van der Waals surface area contributed by atoms with Crippen LogP contribution in [0.3, 0.4) is 0 Å². The molecule has 2 aliphatic rings. The molecule has 5 heteroatoms. The van der Waals surface area contributed by atoms with Gasteiger partial charge in [0, 0.05) is 39.3 Å². The number of thioether (sulfide) groups is 1. The van der Waals surface area contributed by atoms with E-state index in [2.05, 4.69) is 67.1 Å². The molecule has 26 heavy (non-hydrogen) atoms. The molecule has 0 saturated carbocycles. The predicted octanol–water partition coefficient (Wildman–Crippen LogP) is 3.24. The van der Waals surface area contributed by atoms with Crippen LogP contribution in [-0.2, 0) is 10.2 Å².